The van der Waals surface area contributed by atoms with E-state index in [-0.39, 0.29) is 12.5 Å². The van der Waals surface area contributed by atoms with Crippen LogP contribution in [0.1, 0.15) is 29.5 Å². The van der Waals surface area contributed by atoms with Crippen LogP contribution in [0.5, 0.6) is 5.75 Å². The Morgan fingerprint density at radius 3 is 2.58 bits per heavy atom. The molecule has 3 aromatic rings. The minimum absolute atomic E-state index is 0.0480. The Hall–Kier alpha value is -2.81. The van der Waals surface area contributed by atoms with Crippen molar-refractivity contribution in [2.24, 2.45) is 0 Å². The number of hydrogen-bond acceptors (Lipinski definition) is 2. The molecule has 0 bridgehead atoms. The highest BCUT2D eigenvalue weighted by Gasteiger charge is 2.10. The molecule has 0 saturated carbocycles. The number of carbonyl (C=O) groups excluding carboxylic acids is 1. The number of benzene rings is 3. The van der Waals surface area contributed by atoms with Crippen molar-refractivity contribution in [1.82, 2.24) is 5.32 Å². The summed E-state index contributed by atoms with van der Waals surface area (Å²) in [5.41, 5.74) is 3.88. The van der Waals surface area contributed by atoms with E-state index in [4.69, 9.17) is 4.74 Å². The van der Waals surface area contributed by atoms with Gasteiger partial charge in [0.1, 0.15) is 5.75 Å². The molecule has 0 radical (unpaired) electrons. The van der Waals surface area contributed by atoms with Crippen LogP contribution in [0.4, 0.5) is 0 Å². The molecule has 132 valence electrons. The van der Waals surface area contributed by atoms with E-state index in [9.17, 15) is 4.79 Å². The standard InChI is InChI=1S/C23H23NO2/c25-23(16-26-22-12-11-19-6-2-4-8-21(19)14-22)24-15-17-9-10-18-5-1-3-7-20(18)13-17/h1,3,5,7,9-14H,2,4,6,8,15-16H2,(H,24,25). The molecule has 0 aliphatic heterocycles. The van der Waals surface area contributed by atoms with Gasteiger partial charge in [0.15, 0.2) is 6.61 Å². The zero-order valence-corrected chi connectivity index (χ0v) is 14.8. The molecule has 0 heterocycles. The van der Waals surface area contributed by atoms with Gasteiger partial charge in [-0.05, 0) is 71.3 Å². The lowest BCUT2D eigenvalue weighted by Crippen LogP contribution is -2.28. The van der Waals surface area contributed by atoms with Gasteiger partial charge in [-0.25, -0.2) is 0 Å². The van der Waals surface area contributed by atoms with Gasteiger partial charge in [0.2, 0.25) is 0 Å². The van der Waals surface area contributed by atoms with E-state index >= 15 is 0 Å². The average molecular weight is 345 g/mol. The molecule has 0 fully saturated rings. The van der Waals surface area contributed by atoms with Crippen LogP contribution in [0.3, 0.4) is 0 Å². The molecule has 1 amide bonds. The molecule has 3 aromatic carbocycles. The summed E-state index contributed by atoms with van der Waals surface area (Å²) in [6.45, 7) is 0.559. The van der Waals surface area contributed by atoms with Gasteiger partial charge in [-0.1, -0.05) is 42.5 Å². The zero-order chi connectivity index (χ0) is 17.8. The van der Waals surface area contributed by atoms with Crippen LogP contribution in [0.25, 0.3) is 10.8 Å². The monoisotopic (exact) mass is 345 g/mol. The topological polar surface area (TPSA) is 38.3 Å². The Balaban J connectivity index is 1.31. The second-order valence-electron chi connectivity index (χ2n) is 6.88. The smallest absolute Gasteiger partial charge is 0.258 e. The average Bonchev–Trinajstić information content (AvgIpc) is 2.70. The summed E-state index contributed by atoms with van der Waals surface area (Å²) >= 11 is 0. The first-order valence-electron chi connectivity index (χ1n) is 9.27. The fourth-order valence-corrected chi connectivity index (χ4v) is 3.55. The molecule has 0 aromatic heterocycles. The molecular weight excluding hydrogens is 322 g/mol. The summed E-state index contributed by atoms with van der Waals surface area (Å²) in [6.07, 6.45) is 4.77. The molecule has 3 heteroatoms. The number of carbonyl (C=O) groups is 1. The van der Waals surface area contributed by atoms with Gasteiger partial charge < -0.3 is 10.1 Å². The molecule has 0 atom stereocenters. The largest absolute Gasteiger partial charge is 0.484 e. The summed E-state index contributed by atoms with van der Waals surface area (Å²) in [5, 5.41) is 5.32. The van der Waals surface area contributed by atoms with Gasteiger partial charge in [-0.15, -0.1) is 0 Å². The van der Waals surface area contributed by atoms with Gasteiger partial charge in [-0.3, -0.25) is 4.79 Å². The summed E-state index contributed by atoms with van der Waals surface area (Å²) in [4.78, 5) is 12.1. The molecule has 4 rings (SSSR count). The summed E-state index contributed by atoms with van der Waals surface area (Å²) < 4.78 is 5.68. The van der Waals surface area contributed by atoms with Gasteiger partial charge in [0.05, 0.1) is 0 Å². The van der Waals surface area contributed by atoms with Crippen molar-refractivity contribution in [3.8, 4) is 5.75 Å². The van der Waals surface area contributed by atoms with E-state index in [0.29, 0.717) is 6.54 Å². The number of hydrogen-bond donors (Lipinski definition) is 1. The molecule has 1 N–H and O–H groups in total. The van der Waals surface area contributed by atoms with E-state index in [1.165, 1.54) is 34.7 Å². The van der Waals surface area contributed by atoms with Crippen molar-refractivity contribution in [2.75, 3.05) is 6.61 Å². The highest BCUT2D eigenvalue weighted by molar-refractivity contribution is 5.83. The van der Waals surface area contributed by atoms with Crippen molar-refractivity contribution < 1.29 is 9.53 Å². The number of rotatable bonds is 5. The Bertz CT molecular complexity index is 932. The summed E-state index contributed by atoms with van der Waals surface area (Å²) in [6, 6.07) is 20.7. The number of aryl methyl sites for hydroxylation is 2. The fraction of sp³-hybridized carbons (Fsp3) is 0.261. The van der Waals surface area contributed by atoms with Crippen LogP contribution < -0.4 is 10.1 Å². The predicted octanol–water partition coefficient (Wildman–Crippen LogP) is 4.41. The number of nitrogens with one attached hydrogen (secondary N) is 1. The van der Waals surface area contributed by atoms with Crippen LogP contribution in [0.2, 0.25) is 0 Å². The van der Waals surface area contributed by atoms with Crippen molar-refractivity contribution in [1.29, 1.82) is 0 Å². The van der Waals surface area contributed by atoms with E-state index in [0.717, 1.165) is 24.2 Å². The lowest BCUT2D eigenvalue weighted by Gasteiger charge is -2.16. The maximum atomic E-state index is 12.1. The van der Waals surface area contributed by atoms with E-state index in [1.807, 2.05) is 24.3 Å². The Morgan fingerprint density at radius 2 is 1.69 bits per heavy atom. The maximum absolute atomic E-state index is 12.1. The molecule has 0 spiro atoms. The molecule has 26 heavy (non-hydrogen) atoms. The summed E-state index contributed by atoms with van der Waals surface area (Å²) in [7, 11) is 0. The third kappa shape index (κ3) is 3.88. The highest BCUT2D eigenvalue weighted by Crippen LogP contribution is 2.25. The molecule has 0 unspecified atom stereocenters. The Kier molecular flexibility index (Phi) is 4.87. The number of amides is 1. The SMILES string of the molecule is O=C(COc1ccc2c(c1)CCCC2)NCc1ccc2ccccc2c1. The fourth-order valence-electron chi connectivity index (χ4n) is 3.55. The summed E-state index contributed by atoms with van der Waals surface area (Å²) in [5.74, 6) is 0.683. The quantitative estimate of drug-likeness (QED) is 0.744. The Morgan fingerprint density at radius 1 is 0.885 bits per heavy atom. The lowest BCUT2D eigenvalue weighted by atomic mass is 9.92. The van der Waals surface area contributed by atoms with Crippen LogP contribution >= 0.6 is 0 Å². The molecule has 3 nitrogen and oxygen atoms in total. The van der Waals surface area contributed by atoms with Gasteiger partial charge in [0.25, 0.3) is 5.91 Å². The van der Waals surface area contributed by atoms with Crippen LogP contribution in [0, 0.1) is 0 Å². The van der Waals surface area contributed by atoms with Gasteiger partial charge >= 0.3 is 0 Å². The lowest BCUT2D eigenvalue weighted by molar-refractivity contribution is -0.123. The molecule has 1 aliphatic carbocycles. The molecular formula is C23H23NO2. The third-order valence-electron chi connectivity index (χ3n) is 4.99. The van der Waals surface area contributed by atoms with Crippen LogP contribution in [-0.4, -0.2) is 12.5 Å². The first-order valence-corrected chi connectivity index (χ1v) is 9.27. The van der Waals surface area contributed by atoms with Crippen LogP contribution in [0.15, 0.2) is 60.7 Å². The molecule has 0 saturated heterocycles. The second kappa shape index (κ2) is 7.61. The van der Waals surface area contributed by atoms with Crippen LogP contribution in [-0.2, 0) is 24.2 Å². The first-order chi connectivity index (χ1) is 12.8. The van der Waals surface area contributed by atoms with E-state index in [1.54, 1.807) is 0 Å². The maximum Gasteiger partial charge on any atom is 0.258 e. The van der Waals surface area contributed by atoms with E-state index in [2.05, 4.69) is 41.7 Å². The highest BCUT2D eigenvalue weighted by atomic mass is 16.5. The predicted molar refractivity (Wildman–Crippen MR) is 104 cm³/mol. The zero-order valence-electron chi connectivity index (χ0n) is 14.8. The minimum Gasteiger partial charge on any atom is -0.484 e. The normalized spacial score (nSPS) is 13.2. The van der Waals surface area contributed by atoms with Crippen molar-refractivity contribution >= 4 is 16.7 Å². The van der Waals surface area contributed by atoms with Crippen molar-refractivity contribution in [2.45, 2.75) is 32.2 Å². The number of ether oxygens (including phenoxy) is 1. The third-order valence-corrected chi connectivity index (χ3v) is 4.99. The van der Waals surface area contributed by atoms with Gasteiger partial charge in [0, 0.05) is 6.54 Å². The van der Waals surface area contributed by atoms with E-state index < -0.39 is 0 Å². The van der Waals surface area contributed by atoms with Crippen molar-refractivity contribution in [3.05, 3.63) is 77.4 Å². The van der Waals surface area contributed by atoms with Gasteiger partial charge in [-0.2, -0.15) is 0 Å². The Labute approximate surface area is 154 Å². The second-order valence-corrected chi connectivity index (χ2v) is 6.88. The minimum atomic E-state index is -0.101. The first kappa shape index (κ1) is 16.6. The van der Waals surface area contributed by atoms with Crippen molar-refractivity contribution in [3.63, 3.8) is 0 Å². The number of fused-ring (bicyclic) bond motifs is 2. The molecule has 1 aliphatic rings.